The predicted octanol–water partition coefficient (Wildman–Crippen LogP) is 1.23. The molecule has 0 atom stereocenters. The van der Waals surface area contributed by atoms with E-state index in [1.54, 1.807) is 26.2 Å². The Bertz CT molecular complexity index is 579. The van der Waals surface area contributed by atoms with Gasteiger partial charge in [0.25, 0.3) is 0 Å². The Balaban J connectivity index is 2.18. The number of nitrogens with one attached hydrogen (secondary N) is 1. The number of anilines is 1. The molecule has 2 rings (SSSR count). The molecule has 21 heavy (non-hydrogen) atoms. The van der Waals surface area contributed by atoms with Crippen LogP contribution >= 0.6 is 0 Å². The zero-order valence-electron chi connectivity index (χ0n) is 13.1. The first kappa shape index (κ1) is 16.2. The molecule has 0 amide bonds. The Hall–Kier alpha value is -1.18. The van der Waals surface area contributed by atoms with E-state index in [1.807, 2.05) is 14.1 Å². The lowest BCUT2D eigenvalue weighted by Crippen LogP contribution is -2.57. The SMILES string of the molecule is CNc1ccc(S(=O)(=O)N(C)CC2(N(C)C)CCC2)cn1. The minimum atomic E-state index is -3.49. The number of hydrogen-bond acceptors (Lipinski definition) is 5. The van der Waals surface area contributed by atoms with Gasteiger partial charge in [0.05, 0.1) is 0 Å². The maximum Gasteiger partial charge on any atom is 0.244 e. The monoisotopic (exact) mass is 312 g/mol. The quantitative estimate of drug-likeness (QED) is 0.856. The zero-order chi connectivity index (χ0) is 15.7. The van der Waals surface area contributed by atoms with Crippen molar-refractivity contribution in [2.75, 3.05) is 40.1 Å². The molecule has 1 aromatic rings. The van der Waals surface area contributed by atoms with Crippen molar-refractivity contribution in [3.8, 4) is 0 Å². The van der Waals surface area contributed by atoms with Crippen molar-refractivity contribution in [1.29, 1.82) is 0 Å². The standard InChI is InChI=1S/C14H24N4O2S/c1-15-13-7-6-12(10-16-13)21(19,20)18(4)11-14(17(2)3)8-5-9-14/h6-7,10H,5,8-9,11H2,1-4H3,(H,15,16). The first-order valence-electron chi connectivity index (χ1n) is 7.09. The third kappa shape index (κ3) is 3.04. The molecule has 1 fully saturated rings. The lowest BCUT2D eigenvalue weighted by Gasteiger charge is -2.48. The normalized spacial score (nSPS) is 17.8. The van der Waals surface area contributed by atoms with Crippen molar-refractivity contribution in [2.24, 2.45) is 0 Å². The Morgan fingerprint density at radius 2 is 1.95 bits per heavy atom. The molecule has 1 aliphatic carbocycles. The van der Waals surface area contributed by atoms with Crippen molar-refractivity contribution in [3.05, 3.63) is 18.3 Å². The average molecular weight is 312 g/mol. The number of aromatic nitrogens is 1. The summed E-state index contributed by atoms with van der Waals surface area (Å²) in [7, 11) is 3.94. The number of rotatable bonds is 6. The van der Waals surface area contributed by atoms with E-state index < -0.39 is 10.0 Å². The van der Waals surface area contributed by atoms with Crippen LogP contribution in [0.15, 0.2) is 23.2 Å². The molecule has 118 valence electrons. The second-order valence-electron chi connectivity index (χ2n) is 5.86. The summed E-state index contributed by atoms with van der Waals surface area (Å²) in [5.41, 5.74) is -0.0276. The highest BCUT2D eigenvalue weighted by atomic mass is 32.2. The Morgan fingerprint density at radius 1 is 1.29 bits per heavy atom. The summed E-state index contributed by atoms with van der Waals surface area (Å²) in [6.45, 7) is 0.510. The summed E-state index contributed by atoms with van der Waals surface area (Å²) in [5, 5.41) is 2.88. The van der Waals surface area contributed by atoms with Crippen molar-refractivity contribution in [2.45, 2.75) is 29.7 Å². The lowest BCUT2D eigenvalue weighted by atomic mass is 9.75. The van der Waals surface area contributed by atoms with Crippen LogP contribution in [0.25, 0.3) is 0 Å². The molecule has 0 unspecified atom stereocenters. The van der Waals surface area contributed by atoms with Gasteiger partial charge in [-0.25, -0.2) is 13.4 Å². The van der Waals surface area contributed by atoms with Gasteiger partial charge in [-0.15, -0.1) is 0 Å². The fourth-order valence-electron chi connectivity index (χ4n) is 2.69. The Morgan fingerprint density at radius 3 is 2.33 bits per heavy atom. The van der Waals surface area contributed by atoms with Crippen molar-refractivity contribution < 1.29 is 8.42 Å². The first-order chi connectivity index (χ1) is 9.82. The summed E-state index contributed by atoms with van der Waals surface area (Å²) >= 11 is 0. The van der Waals surface area contributed by atoms with Gasteiger partial charge in [0.1, 0.15) is 10.7 Å². The second kappa shape index (κ2) is 5.90. The number of nitrogens with zero attached hydrogens (tertiary/aromatic N) is 3. The highest BCUT2D eigenvalue weighted by Crippen LogP contribution is 2.37. The van der Waals surface area contributed by atoms with Gasteiger partial charge in [-0.1, -0.05) is 0 Å². The summed E-state index contributed by atoms with van der Waals surface area (Å²) < 4.78 is 26.7. The van der Waals surface area contributed by atoms with E-state index in [4.69, 9.17) is 0 Å². The molecule has 1 saturated carbocycles. The molecule has 0 spiro atoms. The number of hydrogen-bond donors (Lipinski definition) is 1. The highest BCUT2D eigenvalue weighted by molar-refractivity contribution is 7.89. The van der Waals surface area contributed by atoms with E-state index in [0.717, 1.165) is 19.3 Å². The molecule has 6 nitrogen and oxygen atoms in total. The summed E-state index contributed by atoms with van der Waals surface area (Å²) in [5.74, 6) is 0.653. The zero-order valence-corrected chi connectivity index (χ0v) is 13.9. The third-order valence-corrected chi connectivity index (χ3v) is 6.24. The molecular formula is C14H24N4O2S. The molecule has 0 bridgehead atoms. The summed E-state index contributed by atoms with van der Waals surface area (Å²) in [6, 6.07) is 3.26. The molecule has 0 saturated heterocycles. The van der Waals surface area contributed by atoms with Crippen molar-refractivity contribution in [1.82, 2.24) is 14.2 Å². The first-order valence-corrected chi connectivity index (χ1v) is 8.53. The number of sulfonamides is 1. The van der Waals surface area contributed by atoms with E-state index in [-0.39, 0.29) is 10.4 Å². The van der Waals surface area contributed by atoms with Crippen LogP contribution in [0.3, 0.4) is 0 Å². The van der Waals surface area contributed by atoms with Crippen LogP contribution in [0.4, 0.5) is 5.82 Å². The van der Waals surface area contributed by atoms with Gasteiger partial charge in [-0.05, 0) is 45.5 Å². The lowest BCUT2D eigenvalue weighted by molar-refractivity contribution is 0.0455. The van der Waals surface area contributed by atoms with Crippen LogP contribution in [0.1, 0.15) is 19.3 Å². The molecule has 7 heteroatoms. The highest BCUT2D eigenvalue weighted by Gasteiger charge is 2.42. The van der Waals surface area contributed by atoms with Gasteiger partial charge in [0, 0.05) is 32.4 Å². The minimum absolute atomic E-state index is 0.0276. The fourth-order valence-corrected chi connectivity index (χ4v) is 3.89. The van der Waals surface area contributed by atoms with Crippen molar-refractivity contribution >= 4 is 15.8 Å². The maximum absolute atomic E-state index is 12.6. The molecule has 0 aliphatic heterocycles. The fraction of sp³-hybridized carbons (Fsp3) is 0.643. The van der Waals surface area contributed by atoms with Crippen LogP contribution in [0.2, 0.25) is 0 Å². The topological polar surface area (TPSA) is 65.5 Å². The second-order valence-corrected chi connectivity index (χ2v) is 7.91. The Kier molecular flexibility index (Phi) is 4.55. The van der Waals surface area contributed by atoms with Crippen LogP contribution in [0.5, 0.6) is 0 Å². The van der Waals surface area contributed by atoms with Crippen molar-refractivity contribution in [3.63, 3.8) is 0 Å². The van der Waals surface area contributed by atoms with Gasteiger partial charge in [-0.2, -0.15) is 4.31 Å². The van der Waals surface area contributed by atoms with E-state index in [0.29, 0.717) is 12.4 Å². The molecule has 1 N–H and O–H groups in total. The predicted molar refractivity (Wildman–Crippen MR) is 83.9 cm³/mol. The third-order valence-electron chi connectivity index (χ3n) is 4.45. The van der Waals surface area contributed by atoms with Gasteiger partial charge in [0.15, 0.2) is 0 Å². The van der Waals surface area contributed by atoms with E-state index in [1.165, 1.54) is 10.5 Å². The van der Waals surface area contributed by atoms with Gasteiger partial charge >= 0.3 is 0 Å². The van der Waals surface area contributed by atoms with Crippen LogP contribution in [-0.4, -0.2) is 62.9 Å². The molecule has 1 aliphatic rings. The molecule has 1 heterocycles. The molecule has 1 aromatic heterocycles. The summed E-state index contributed by atoms with van der Waals surface area (Å²) in [6.07, 6.45) is 4.64. The van der Waals surface area contributed by atoms with Crippen LogP contribution < -0.4 is 5.32 Å². The molecular weight excluding hydrogens is 288 g/mol. The minimum Gasteiger partial charge on any atom is -0.373 e. The number of pyridine rings is 1. The largest absolute Gasteiger partial charge is 0.373 e. The van der Waals surface area contributed by atoms with E-state index >= 15 is 0 Å². The Labute approximate surface area is 127 Å². The maximum atomic E-state index is 12.6. The van der Waals surface area contributed by atoms with Gasteiger partial charge < -0.3 is 10.2 Å². The average Bonchev–Trinajstić information content (AvgIpc) is 2.42. The molecule has 0 radical (unpaired) electrons. The van der Waals surface area contributed by atoms with Gasteiger partial charge in [-0.3, -0.25) is 0 Å². The number of likely N-dealkylation sites (N-methyl/N-ethyl adjacent to an activating group) is 2. The van der Waals surface area contributed by atoms with E-state index in [9.17, 15) is 8.42 Å². The smallest absolute Gasteiger partial charge is 0.244 e. The summed E-state index contributed by atoms with van der Waals surface area (Å²) in [4.78, 5) is 6.46. The van der Waals surface area contributed by atoms with Crippen LogP contribution in [0, 0.1) is 0 Å². The van der Waals surface area contributed by atoms with Gasteiger partial charge in [0.2, 0.25) is 10.0 Å². The molecule has 0 aromatic carbocycles. The van der Waals surface area contributed by atoms with Crippen LogP contribution in [-0.2, 0) is 10.0 Å². The van der Waals surface area contributed by atoms with E-state index in [2.05, 4.69) is 15.2 Å².